The fourth-order valence-corrected chi connectivity index (χ4v) is 4.28. The van der Waals surface area contributed by atoms with E-state index in [4.69, 9.17) is 11.6 Å². The topological polar surface area (TPSA) is 76.1 Å². The summed E-state index contributed by atoms with van der Waals surface area (Å²) in [6.07, 6.45) is 1.45. The highest BCUT2D eigenvalue weighted by Gasteiger charge is 2.43. The van der Waals surface area contributed by atoms with Gasteiger partial charge in [0, 0.05) is 37.1 Å². The molecule has 1 aliphatic carbocycles. The van der Waals surface area contributed by atoms with Gasteiger partial charge in [-0.25, -0.2) is 4.39 Å². The van der Waals surface area contributed by atoms with Crippen LogP contribution >= 0.6 is 11.6 Å². The Morgan fingerprint density at radius 1 is 1.23 bits per heavy atom. The zero-order valence-electron chi connectivity index (χ0n) is 18.1. The number of ketones is 2. The summed E-state index contributed by atoms with van der Waals surface area (Å²) in [6.45, 7) is 8.10. The molecule has 1 heterocycles. The van der Waals surface area contributed by atoms with Crippen LogP contribution in [0.5, 0.6) is 0 Å². The predicted molar refractivity (Wildman–Crippen MR) is 117 cm³/mol. The molecular weight excluding hydrogens is 419 g/mol. The lowest BCUT2D eigenvalue weighted by molar-refractivity contribution is -0.128. The first kappa shape index (κ1) is 23.1. The lowest BCUT2D eigenvalue weighted by Gasteiger charge is -2.17. The summed E-state index contributed by atoms with van der Waals surface area (Å²) in [5.41, 5.74) is 2.77. The number of carbonyl (C=O) groups excluding carboxylic acids is 3. The molecule has 0 saturated heterocycles. The minimum absolute atomic E-state index is 0.0177. The number of hydrogen-bond donors (Lipinski definition) is 1. The molecule has 0 aliphatic heterocycles. The average Bonchev–Trinajstić information content (AvgIpc) is 2.93. The second kappa shape index (κ2) is 9.27. The lowest BCUT2D eigenvalue weighted by Crippen LogP contribution is -2.30. The van der Waals surface area contributed by atoms with Crippen LogP contribution in [-0.4, -0.2) is 29.0 Å². The van der Waals surface area contributed by atoms with E-state index in [1.165, 1.54) is 12.3 Å². The van der Waals surface area contributed by atoms with Crippen LogP contribution in [0.15, 0.2) is 24.4 Å². The number of aryl methyl sites for hydroxylation is 2. The van der Waals surface area contributed by atoms with Gasteiger partial charge in [0.25, 0.3) is 0 Å². The molecule has 1 amide bonds. The van der Waals surface area contributed by atoms with Crippen molar-refractivity contribution in [2.24, 2.45) is 11.8 Å². The van der Waals surface area contributed by atoms with E-state index in [2.05, 4.69) is 10.3 Å². The van der Waals surface area contributed by atoms with Crippen LogP contribution in [0.4, 0.5) is 4.39 Å². The van der Waals surface area contributed by atoms with Gasteiger partial charge in [0.1, 0.15) is 17.4 Å². The summed E-state index contributed by atoms with van der Waals surface area (Å²) in [4.78, 5) is 42.0. The Labute approximate surface area is 186 Å². The number of aromatic nitrogens is 1. The maximum absolute atomic E-state index is 14.3. The molecule has 0 bridgehead atoms. The van der Waals surface area contributed by atoms with Crippen molar-refractivity contribution in [1.82, 2.24) is 10.3 Å². The number of halogens is 2. The molecule has 1 aromatic carbocycles. The second-order valence-electron chi connectivity index (χ2n) is 8.61. The fraction of sp³-hybridized carbons (Fsp3) is 0.417. The number of nitrogens with zero attached hydrogens (tertiary/aromatic N) is 1. The zero-order valence-corrected chi connectivity index (χ0v) is 18.8. The van der Waals surface area contributed by atoms with Gasteiger partial charge in [0.05, 0.1) is 5.02 Å². The van der Waals surface area contributed by atoms with Gasteiger partial charge < -0.3 is 5.32 Å². The van der Waals surface area contributed by atoms with E-state index in [-0.39, 0.29) is 41.0 Å². The Morgan fingerprint density at radius 2 is 1.87 bits per heavy atom. The van der Waals surface area contributed by atoms with E-state index in [1.54, 1.807) is 26.0 Å². The monoisotopic (exact) mass is 444 g/mol. The normalized spacial score (nSPS) is 18.7. The van der Waals surface area contributed by atoms with Gasteiger partial charge in [0.15, 0.2) is 11.6 Å². The first-order valence-corrected chi connectivity index (χ1v) is 10.7. The molecular formula is C24H26ClFN2O3. The van der Waals surface area contributed by atoms with Crippen molar-refractivity contribution in [2.75, 3.05) is 6.54 Å². The highest BCUT2D eigenvalue weighted by atomic mass is 35.5. The minimum atomic E-state index is -0.889. The molecule has 164 valence electrons. The number of carbonyl (C=O) groups is 3. The fourth-order valence-electron chi connectivity index (χ4n) is 4.14. The Kier molecular flexibility index (Phi) is 6.90. The third-order valence-electron chi connectivity index (χ3n) is 5.56. The maximum atomic E-state index is 14.3. The molecule has 5 nitrogen and oxygen atoms in total. The van der Waals surface area contributed by atoms with Gasteiger partial charge in [-0.05, 0) is 54.7 Å². The lowest BCUT2D eigenvalue weighted by atomic mass is 9.85. The molecule has 1 aliphatic rings. The van der Waals surface area contributed by atoms with Gasteiger partial charge in [-0.2, -0.15) is 0 Å². The van der Waals surface area contributed by atoms with E-state index < -0.39 is 17.7 Å². The molecule has 2 aromatic rings. The van der Waals surface area contributed by atoms with Crippen LogP contribution in [0.2, 0.25) is 5.02 Å². The van der Waals surface area contributed by atoms with Crippen molar-refractivity contribution in [3.8, 4) is 11.3 Å². The molecule has 2 atom stereocenters. The Balaban J connectivity index is 1.86. The first-order valence-electron chi connectivity index (χ1n) is 10.3. The molecule has 1 saturated carbocycles. The summed E-state index contributed by atoms with van der Waals surface area (Å²) in [7, 11) is 0. The maximum Gasteiger partial charge on any atom is 0.220 e. The smallest absolute Gasteiger partial charge is 0.220 e. The van der Waals surface area contributed by atoms with Crippen molar-refractivity contribution >= 4 is 29.1 Å². The van der Waals surface area contributed by atoms with Gasteiger partial charge in [-0.15, -0.1) is 0 Å². The van der Waals surface area contributed by atoms with Crippen LogP contribution in [0.3, 0.4) is 0 Å². The number of pyridine rings is 1. The summed E-state index contributed by atoms with van der Waals surface area (Å²) >= 11 is 5.79. The third-order valence-corrected chi connectivity index (χ3v) is 5.77. The van der Waals surface area contributed by atoms with Crippen molar-refractivity contribution in [3.63, 3.8) is 0 Å². The number of nitrogens with one attached hydrogen (secondary N) is 1. The van der Waals surface area contributed by atoms with Crippen molar-refractivity contribution in [1.29, 1.82) is 0 Å². The number of hydrogen-bond acceptors (Lipinski definition) is 4. The summed E-state index contributed by atoms with van der Waals surface area (Å²) in [5, 5.41) is 3.01. The SMILES string of the molecule is Cc1cc(-c2ncc(Cl)cc2F)cc(C)c1[C@H]1C(=O)CC(CC(=O)NCC(C)C)C1=O. The predicted octanol–water partition coefficient (Wildman–Crippen LogP) is 4.56. The van der Waals surface area contributed by atoms with Crippen molar-refractivity contribution in [2.45, 2.75) is 46.5 Å². The quantitative estimate of drug-likeness (QED) is 0.662. The van der Waals surface area contributed by atoms with Crippen LogP contribution in [0.1, 0.15) is 49.3 Å². The third kappa shape index (κ3) is 5.01. The molecule has 0 spiro atoms. The molecule has 1 N–H and O–H groups in total. The van der Waals surface area contributed by atoms with E-state index in [9.17, 15) is 18.8 Å². The number of rotatable bonds is 6. The largest absolute Gasteiger partial charge is 0.356 e. The summed E-state index contributed by atoms with van der Waals surface area (Å²) in [6, 6.07) is 4.65. The minimum Gasteiger partial charge on any atom is -0.356 e. The molecule has 7 heteroatoms. The highest BCUT2D eigenvalue weighted by molar-refractivity contribution is 6.30. The molecule has 1 unspecified atom stereocenters. The van der Waals surface area contributed by atoms with Crippen molar-refractivity contribution < 1.29 is 18.8 Å². The van der Waals surface area contributed by atoms with Crippen LogP contribution in [-0.2, 0) is 14.4 Å². The van der Waals surface area contributed by atoms with Gasteiger partial charge >= 0.3 is 0 Å². The molecule has 3 rings (SSSR count). The second-order valence-corrected chi connectivity index (χ2v) is 9.05. The van der Waals surface area contributed by atoms with Gasteiger partial charge in [-0.3, -0.25) is 19.4 Å². The summed E-state index contributed by atoms with van der Waals surface area (Å²) in [5.74, 6) is -2.35. The van der Waals surface area contributed by atoms with Gasteiger partial charge in [0.2, 0.25) is 5.91 Å². The number of amides is 1. The molecule has 31 heavy (non-hydrogen) atoms. The van der Waals surface area contributed by atoms with Crippen molar-refractivity contribution in [3.05, 3.63) is 51.9 Å². The van der Waals surface area contributed by atoms with E-state index in [0.29, 0.717) is 34.7 Å². The Hall–Kier alpha value is -2.60. The molecule has 1 fully saturated rings. The highest BCUT2D eigenvalue weighted by Crippen LogP contribution is 2.38. The molecule has 0 radical (unpaired) electrons. The van der Waals surface area contributed by atoms with Crippen LogP contribution in [0, 0.1) is 31.5 Å². The standard InChI is InChI=1S/C24H26ClFN2O3/c1-12(2)10-27-20(30)8-16-7-19(29)22(24(16)31)21-13(3)5-15(6-14(21)4)23-18(26)9-17(25)11-28-23/h5-6,9,11-12,16,22H,7-8,10H2,1-4H3,(H,27,30)/t16?,22-/m1/s1. The van der Waals surface area contributed by atoms with Gasteiger partial charge in [-0.1, -0.05) is 25.4 Å². The first-order chi connectivity index (χ1) is 14.6. The van der Waals surface area contributed by atoms with Crippen LogP contribution < -0.4 is 5.32 Å². The van der Waals surface area contributed by atoms with E-state index >= 15 is 0 Å². The number of Topliss-reactive ketones (excluding diaryl/α,β-unsaturated/α-hetero) is 2. The van der Waals surface area contributed by atoms with E-state index in [0.717, 1.165) is 0 Å². The zero-order chi connectivity index (χ0) is 22.9. The summed E-state index contributed by atoms with van der Waals surface area (Å²) < 4.78 is 14.3. The van der Waals surface area contributed by atoms with Crippen LogP contribution in [0.25, 0.3) is 11.3 Å². The molecule has 1 aromatic heterocycles. The van der Waals surface area contributed by atoms with E-state index in [1.807, 2.05) is 13.8 Å². The average molecular weight is 445 g/mol. The number of benzene rings is 1. The Bertz CT molecular complexity index is 1030. The Morgan fingerprint density at radius 3 is 2.45 bits per heavy atom.